The number of hydrogen-bond donors (Lipinski definition) is 3. The molecule has 80 valence electrons. The van der Waals surface area contributed by atoms with Crippen LogP contribution in [0, 0.1) is 0 Å². The lowest BCUT2D eigenvalue weighted by molar-refractivity contribution is -0.0387. The maximum atomic E-state index is 10.1. The SMILES string of the molecule is N/C(=N\O)c1ccc(C2(O)CCC2)cc1. The minimum Gasteiger partial charge on any atom is -0.409 e. The maximum Gasteiger partial charge on any atom is 0.170 e. The molecule has 1 aliphatic rings. The molecule has 4 heteroatoms. The molecular formula is C11H14N2O2. The Labute approximate surface area is 88.0 Å². The van der Waals surface area contributed by atoms with Gasteiger partial charge in [0.05, 0.1) is 5.60 Å². The minimum atomic E-state index is -0.649. The van der Waals surface area contributed by atoms with E-state index in [-0.39, 0.29) is 5.84 Å². The predicted octanol–water partition coefficient (Wildman–Crippen LogP) is 1.15. The summed E-state index contributed by atoms with van der Waals surface area (Å²) in [6.07, 6.45) is 2.70. The lowest BCUT2D eigenvalue weighted by atomic mass is 9.75. The van der Waals surface area contributed by atoms with Crippen molar-refractivity contribution in [1.82, 2.24) is 0 Å². The van der Waals surface area contributed by atoms with Crippen molar-refractivity contribution in [2.45, 2.75) is 24.9 Å². The zero-order valence-corrected chi connectivity index (χ0v) is 8.35. The fraction of sp³-hybridized carbons (Fsp3) is 0.364. The van der Waals surface area contributed by atoms with Gasteiger partial charge in [-0.25, -0.2) is 0 Å². The Morgan fingerprint density at radius 1 is 1.27 bits per heavy atom. The highest BCUT2D eigenvalue weighted by atomic mass is 16.4. The summed E-state index contributed by atoms with van der Waals surface area (Å²) in [6, 6.07) is 7.15. The lowest BCUT2D eigenvalue weighted by Crippen LogP contribution is -2.33. The Bertz CT molecular complexity index is 380. The highest BCUT2D eigenvalue weighted by Gasteiger charge is 2.35. The van der Waals surface area contributed by atoms with Crippen LogP contribution in [0.3, 0.4) is 0 Å². The van der Waals surface area contributed by atoms with Crippen molar-refractivity contribution in [2.75, 3.05) is 0 Å². The van der Waals surface area contributed by atoms with Crippen LogP contribution in [0.4, 0.5) is 0 Å². The summed E-state index contributed by atoms with van der Waals surface area (Å²) < 4.78 is 0. The highest BCUT2D eigenvalue weighted by Crippen LogP contribution is 2.40. The molecule has 1 aliphatic carbocycles. The molecule has 0 spiro atoms. The molecular weight excluding hydrogens is 192 g/mol. The van der Waals surface area contributed by atoms with E-state index in [0.717, 1.165) is 24.8 Å². The van der Waals surface area contributed by atoms with Crippen LogP contribution in [0.1, 0.15) is 30.4 Å². The summed E-state index contributed by atoms with van der Waals surface area (Å²) in [4.78, 5) is 0. The second kappa shape index (κ2) is 3.55. The first-order valence-corrected chi connectivity index (χ1v) is 4.96. The molecule has 4 N–H and O–H groups in total. The third kappa shape index (κ3) is 1.68. The number of aliphatic hydroxyl groups is 1. The second-order valence-corrected chi connectivity index (χ2v) is 3.95. The molecule has 0 radical (unpaired) electrons. The quantitative estimate of drug-likeness (QED) is 0.294. The van der Waals surface area contributed by atoms with Gasteiger partial charge in [0, 0.05) is 5.56 Å². The first-order valence-electron chi connectivity index (χ1n) is 4.96. The molecule has 0 atom stereocenters. The summed E-state index contributed by atoms with van der Waals surface area (Å²) in [5.41, 5.74) is 6.35. The molecule has 2 rings (SSSR count). The lowest BCUT2D eigenvalue weighted by Gasteiger charge is -2.37. The van der Waals surface area contributed by atoms with Gasteiger partial charge in [0.1, 0.15) is 0 Å². The van der Waals surface area contributed by atoms with E-state index in [0.29, 0.717) is 5.56 Å². The van der Waals surface area contributed by atoms with Crippen LogP contribution in [0.2, 0.25) is 0 Å². The topological polar surface area (TPSA) is 78.8 Å². The van der Waals surface area contributed by atoms with Crippen molar-refractivity contribution in [2.24, 2.45) is 10.9 Å². The average Bonchev–Trinajstić information content (AvgIpc) is 2.25. The molecule has 0 aromatic heterocycles. The fourth-order valence-electron chi connectivity index (χ4n) is 1.81. The van der Waals surface area contributed by atoms with Crippen LogP contribution in [-0.2, 0) is 5.60 Å². The molecule has 0 unspecified atom stereocenters. The monoisotopic (exact) mass is 206 g/mol. The van der Waals surface area contributed by atoms with Crippen molar-refractivity contribution < 1.29 is 10.3 Å². The molecule has 4 nitrogen and oxygen atoms in total. The molecule has 1 aromatic carbocycles. The number of nitrogens with two attached hydrogens (primary N) is 1. The molecule has 0 amide bonds. The summed E-state index contributed by atoms with van der Waals surface area (Å²) in [5.74, 6) is 0.0853. The normalized spacial score (nSPS) is 19.7. The van der Waals surface area contributed by atoms with E-state index in [1.54, 1.807) is 12.1 Å². The summed E-state index contributed by atoms with van der Waals surface area (Å²) in [5, 5.41) is 21.5. The Morgan fingerprint density at radius 2 is 1.87 bits per heavy atom. The van der Waals surface area contributed by atoms with Crippen LogP contribution in [0.5, 0.6) is 0 Å². The van der Waals surface area contributed by atoms with Gasteiger partial charge >= 0.3 is 0 Å². The summed E-state index contributed by atoms with van der Waals surface area (Å²) in [6.45, 7) is 0. The Balaban J connectivity index is 2.24. The number of oxime groups is 1. The van der Waals surface area contributed by atoms with Gasteiger partial charge in [-0.1, -0.05) is 29.4 Å². The number of amidine groups is 1. The van der Waals surface area contributed by atoms with Crippen LogP contribution < -0.4 is 5.73 Å². The van der Waals surface area contributed by atoms with Gasteiger partial charge in [-0.2, -0.15) is 0 Å². The van der Waals surface area contributed by atoms with Crippen molar-refractivity contribution >= 4 is 5.84 Å². The van der Waals surface area contributed by atoms with E-state index in [4.69, 9.17) is 10.9 Å². The van der Waals surface area contributed by atoms with Gasteiger partial charge in [-0.05, 0) is 24.8 Å². The smallest absolute Gasteiger partial charge is 0.170 e. The standard InChI is InChI=1S/C11H14N2O2/c12-10(13-15)8-2-4-9(5-3-8)11(14)6-1-7-11/h2-5,14-15H,1,6-7H2,(H2,12,13). The molecule has 15 heavy (non-hydrogen) atoms. The van der Waals surface area contributed by atoms with E-state index in [2.05, 4.69) is 5.16 Å². The Morgan fingerprint density at radius 3 is 2.27 bits per heavy atom. The third-order valence-electron chi connectivity index (χ3n) is 3.01. The zero-order chi connectivity index (χ0) is 10.9. The van der Waals surface area contributed by atoms with Gasteiger partial charge in [-0.3, -0.25) is 0 Å². The first kappa shape index (κ1) is 9.98. The first-order chi connectivity index (χ1) is 7.15. The van der Waals surface area contributed by atoms with Crippen LogP contribution in [0.25, 0.3) is 0 Å². The number of nitrogens with zero attached hydrogens (tertiary/aromatic N) is 1. The van der Waals surface area contributed by atoms with Gasteiger partial charge in [0.2, 0.25) is 0 Å². The molecule has 0 bridgehead atoms. The van der Waals surface area contributed by atoms with Gasteiger partial charge in [0.15, 0.2) is 5.84 Å². The molecule has 0 saturated heterocycles. The summed E-state index contributed by atoms with van der Waals surface area (Å²) in [7, 11) is 0. The van der Waals surface area contributed by atoms with Gasteiger partial charge in [0.25, 0.3) is 0 Å². The third-order valence-corrected chi connectivity index (χ3v) is 3.01. The fourth-order valence-corrected chi connectivity index (χ4v) is 1.81. The second-order valence-electron chi connectivity index (χ2n) is 3.95. The molecule has 0 heterocycles. The zero-order valence-electron chi connectivity index (χ0n) is 8.35. The number of rotatable bonds is 2. The van der Waals surface area contributed by atoms with E-state index in [1.165, 1.54) is 0 Å². The van der Waals surface area contributed by atoms with Crippen LogP contribution in [0.15, 0.2) is 29.4 Å². The predicted molar refractivity (Wildman–Crippen MR) is 56.7 cm³/mol. The van der Waals surface area contributed by atoms with Crippen LogP contribution >= 0.6 is 0 Å². The van der Waals surface area contributed by atoms with E-state index < -0.39 is 5.60 Å². The maximum absolute atomic E-state index is 10.1. The van der Waals surface area contributed by atoms with Crippen LogP contribution in [-0.4, -0.2) is 16.1 Å². The minimum absolute atomic E-state index is 0.0853. The summed E-state index contributed by atoms with van der Waals surface area (Å²) >= 11 is 0. The Hall–Kier alpha value is -1.55. The van der Waals surface area contributed by atoms with Gasteiger partial charge in [-0.15, -0.1) is 0 Å². The van der Waals surface area contributed by atoms with E-state index in [1.807, 2.05) is 12.1 Å². The number of hydrogen-bond acceptors (Lipinski definition) is 3. The average molecular weight is 206 g/mol. The Kier molecular flexibility index (Phi) is 2.36. The van der Waals surface area contributed by atoms with Crippen molar-refractivity contribution in [1.29, 1.82) is 0 Å². The highest BCUT2D eigenvalue weighted by molar-refractivity contribution is 5.96. The molecule has 1 saturated carbocycles. The van der Waals surface area contributed by atoms with Crippen molar-refractivity contribution in [3.8, 4) is 0 Å². The molecule has 1 aromatic rings. The molecule has 1 fully saturated rings. The van der Waals surface area contributed by atoms with Gasteiger partial charge < -0.3 is 16.0 Å². The molecule has 0 aliphatic heterocycles. The largest absolute Gasteiger partial charge is 0.409 e. The van der Waals surface area contributed by atoms with E-state index >= 15 is 0 Å². The van der Waals surface area contributed by atoms with Crippen molar-refractivity contribution in [3.05, 3.63) is 35.4 Å². The number of benzene rings is 1. The van der Waals surface area contributed by atoms with Crippen molar-refractivity contribution in [3.63, 3.8) is 0 Å². The van der Waals surface area contributed by atoms with E-state index in [9.17, 15) is 5.11 Å².